The maximum atomic E-state index is 10.9. The molecule has 2 unspecified atom stereocenters. The van der Waals surface area contributed by atoms with Gasteiger partial charge in [0.05, 0.1) is 18.1 Å². The molecule has 1 N–H and O–H groups in total. The van der Waals surface area contributed by atoms with Crippen LogP contribution in [-0.4, -0.2) is 23.3 Å². The van der Waals surface area contributed by atoms with Crippen LogP contribution in [0, 0.1) is 5.92 Å². The molecule has 1 saturated carbocycles. The molecule has 0 aromatic rings. The van der Waals surface area contributed by atoms with Crippen LogP contribution < -0.4 is 0 Å². The van der Waals surface area contributed by atoms with Gasteiger partial charge in [-0.15, -0.1) is 0 Å². The summed E-state index contributed by atoms with van der Waals surface area (Å²) in [5, 5.41) is 8.94. The van der Waals surface area contributed by atoms with E-state index < -0.39 is 5.97 Å². The van der Waals surface area contributed by atoms with Gasteiger partial charge in [0.25, 0.3) is 0 Å². The van der Waals surface area contributed by atoms with E-state index in [0.29, 0.717) is 0 Å². The Hall–Kier alpha value is -0.570. The third-order valence-electron chi connectivity index (χ3n) is 2.47. The maximum Gasteiger partial charge on any atom is 0.309 e. The van der Waals surface area contributed by atoms with Crippen LogP contribution in [0.3, 0.4) is 0 Å². The van der Waals surface area contributed by atoms with Crippen molar-refractivity contribution in [3.8, 4) is 0 Å². The van der Waals surface area contributed by atoms with E-state index in [1.807, 2.05) is 13.8 Å². The largest absolute Gasteiger partial charge is 0.481 e. The van der Waals surface area contributed by atoms with Crippen LogP contribution in [-0.2, 0) is 9.53 Å². The zero-order valence-electron chi connectivity index (χ0n) is 8.32. The molecule has 1 aliphatic rings. The highest BCUT2D eigenvalue weighted by Crippen LogP contribution is 2.27. The molecule has 0 radical (unpaired) electrons. The van der Waals surface area contributed by atoms with Crippen molar-refractivity contribution in [3.05, 3.63) is 0 Å². The van der Waals surface area contributed by atoms with Gasteiger partial charge >= 0.3 is 5.97 Å². The minimum Gasteiger partial charge on any atom is -0.481 e. The van der Waals surface area contributed by atoms with Gasteiger partial charge in [-0.25, -0.2) is 0 Å². The number of hydrogen-bond donors (Lipinski definition) is 1. The summed E-state index contributed by atoms with van der Waals surface area (Å²) in [5.74, 6) is -0.985. The van der Waals surface area contributed by atoms with Crippen molar-refractivity contribution in [2.45, 2.75) is 51.7 Å². The zero-order chi connectivity index (χ0) is 9.84. The van der Waals surface area contributed by atoms with Crippen molar-refractivity contribution in [1.82, 2.24) is 0 Å². The van der Waals surface area contributed by atoms with Crippen LogP contribution >= 0.6 is 0 Å². The van der Waals surface area contributed by atoms with Crippen molar-refractivity contribution in [2.24, 2.45) is 5.92 Å². The average molecular weight is 186 g/mol. The highest BCUT2D eigenvalue weighted by molar-refractivity contribution is 5.70. The minimum atomic E-state index is -0.703. The molecule has 3 heteroatoms. The van der Waals surface area contributed by atoms with Crippen LogP contribution in [0.15, 0.2) is 0 Å². The second-order valence-corrected chi connectivity index (χ2v) is 3.95. The van der Waals surface area contributed by atoms with Crippen LogP contribution in [0.2, 0.25) is 0 Å². The van der Waals surface area contributed by atoms with E-state index in [4.69, 9.17) is 9.84 Å². The van der Waals surface area contributed by atoms with Gasteiger partial charge in [0.15, 0.2) is 0 Å². The second-order valence-electron chi connectivity index (χ2n) is 3.95. The molecule has 0 saturated heterocycles. The molecular formula is C10H18O3. The fourth-order valence-electron chi connectivity index (χ4n) is 1.89. The topological polar surface area (TPSA) is 46.5 Å². The Labute approximate surface area is 79.1 Å². The van der Waals surface area contributed by atoms with Gasteiger partial charge in [0.2, 0.25) is 0 Å². The molecule has 0 aromatic carbocycles. The Bertz CT molecular complexity index is 177. The molecule has 0 heterocycles. The summed E-state index contributed by atoms with van der Waals surface area (Å²) in [7, 11) is 0. The van der Waals surface area contributed by atoms with E-state index in [9.17, 15) is 4.79 Å². The van der Waals surface area contributed by atoms with E-state index in [2.05, 4.69) is 0 Å². The average Bonchev–Trinajstić information content (AvgIpc) is 2.03. The number of rotatable bonds is 3. The minimum absolute atomic E-state index is 0.0637. The number of aliphatic carboxylic acids is 1. The lowest BCUT2D eigenvalue weighted by molar-refractivity contribution is -0.151. The molecule has 1 rings (SSSR count). The molecule has 1 aliphatic carbocycles. The monoisotopic (exact) mass is 186 g/mol. The SMILES string of the molecule is CC(C)OC1CCCCC1C(=O)O. The van der Waals surface area contributed by atoms with Gasteiger partial charge in [-0.1, -0.05) is 12.8 Å². The first-order valence-electron chi connectivity index (χ1n) is 4.99. The lowest BCUT2D eigenvalue weighted by Crippen LogP contribution is -2.35. The van der Waals surface area contributed by atoms with Gasteiger partial charge in [-0.3, -0.25) is 4.79 Å². The van der Waals surface area contributed by atoms with Gasteiger partial charge in [0.1, 0.15) is 0 Å². The Balaban J connectivity index is 2.51. The molecule has 0 aliphatic heterocycles. The van der Waals surface area contributed by atoms with Crippen LogP contribution in [0.1, 0.15) is 39.5 Å². The summed E-state index contributed by atoms with van der Waals surface area (Å²) >= 11 is 0. The fourth-order valence-corrected chi connectivity index (χ4v) is 1.89. The van der Waals surface area contributed by atoms with Crippen LogP contribution in [0.25, 0.3) is 0 Å². The van der Waals surface area contributed by atoms with Gasteiger partial charge in [-0.05, 0) is 26.7 Å². The molecule has 3 nitrogen and oxygen atoms in total. The van der Waals surface area contributed by atoms with Gasteiger partial charge in [-0.2, -0.15) is 0 Å². The van der Waals surface area contributed by atoms with Gasteiger partial charge < -0.3 is 9.84 Å². The van der Waals surface area contributed by atoms with Crippen molar-refractivity contribution >= 4 is 5.97 Å². The normalized spacial score (nSPS) is 29.2. The first kappa shape index (κ1) is 10.5. The van der Waals surface area contributed by atoms with E-state index >= 15 is 0 Å². The first-order chi connectivity index (χ1) is 6.11. The standard InChI is InChI=1S/C10H18O3/c1-7(2)13-9-6-4-3-5-8(9)10(11)12/h7-9H,3-6H2,1-2H3,(H,11,12). The Morgan fingerprint density at radius 2 is 2.00 bits per heavy atom. The van der Waals surface area contributed by atoms with Gasteiger partial charge in [0, 0.05) is 0 Å². The van der Waals surface area contributed by atoms with E-state index in [-0.39, 0.29) is 18.1 Å². The molecule has 0 aromatic heterocycles. The molecule has 1 fully saturated rings. The molecule has 2 atom stereocenters. The molecule has 0 spiro atoms. The zero-order valence-corrected chi connectivity index (χ0v) is 8.32. The third kappa shape index (κ3) is 2.99. The summed E-state index contributed by atoms with van der Waals surface area (Å²) in [6.07, 6.45) is 3.86. The summed E-state index contributed by atoms with van der Waals surface area (Å²) in [4.78, 5) is 10.9. The first-order valence-corrected chi connectivity index (χ1v) is 4.99. The smallest absolute Gasteiger partial charge is 0.309 e. The number of ether oxygens (including phenoxy) is 1. The highest BCUT2D eigenvalue weighted by atomic mass is 16.5. The number of carboxylic acid groups (broad SMARTS) is 1. The molecular weight excluding hydrogens is 168 g/mol. The van der Waals surface area contributed by atoms with Crippen LogP contribution in [0.5, 0.6) is 0 Å². The van der Waals surface area contributed by atoms with E-state index in [0.717, 1.165) is 25.7 Å². The van der Waals surface area contributed by atoms with Crippen LogP contribution in [0.4, 0.5) is 0 Å². The van der Waals surface area contributed by atoms with Crippen molar-refractivity contribution < 1.29 is 14.6 Å². The Kier molecular flexibility index (Phi) is 3.72. The lowest BCUT2D eigenvalue weighted by Gasteiger charge is -2.29. The van der Waals surface area contributed by atoms with Crippen molar-refractivity contribution in [1.29, 1.82) is 0 Å². The summed E-state index contributed by atoms with van der Waals surface area (Å²) in [6, 6.07) is 0. The van der Waals surface area contributed by atoms with Crippen molar-refractivity contribution in [2.75, 3.05) is 0 Å². The Morgan fingerprint density at radius 1 is 1.38 bits per heavy atom. The molecule has 0 amide bonds. The summed E-state index contributed by atoms with van der Waals surface area (Å²) in [5.41, 5.74) is 0. The molecule has 76 valence electrons. The predicted molar refractivity (Wildman–Crippen MR) is 49.6 cm³/mol. The predicted octanol–water partition coefficient (Wildman–Crippen LogP) is 2.05. The second kappa shape index (κ2) is 4.61. The summed E-state index contributed by atoms with van der Waals surface area (Å²) in [6.45, 7) is 3.90. The lowest BCUT2D eigenvalue weighted by atomic mass is 9.86. The molecule has 13 heavy (non-hydrogen) atoms. The quantitative estimate of drug-likeness (QED) is 0.733. The van der Waals surface area contributed by atoms with Crippen molar-refractivity contribution in [3.63, 3.8) is 0 Å². The number of hydrogen-bond acceptors (Lipinski definition) is 2. The number of carbonyl (C=O) groups is 1. The van der Waals surface area contributed by atoms with E-state index in [1.165, 1.54) is 0 Å². The number of carboxylic acids is 1. The molecule has 0 bridgehead atoms. The maximum absolute atomic E-state index is 10.9. The third-order valence-corrected chi connectivity index (χ3v) is 2.47. The Morgan fingerprint density at radius 3 is 2.54 bits per heavy atom. The summed E-state index contributed by atoms with van der Waals surface area (Å²) < 4.78 is 5.58. The highest BCUT2D eigenvalue weighted by Gasteiger charge is 2.31. The fraction of sp³-hybridized carbons (Fsp3) is 0.900. The van der Waals surface area contributed by atoms with E-state index in [1.54, 1.807) is 0 Å².